The van der Waals surface area contributed by atoms with Crippen molar-refractivity contribution in [2.45, 2.75) is 32.7 Å². The first kappa shape index (κ1) is 6.35. The van der Waals surface area contributed by atoms with Gasteiger partial charge < -0.3 is 5.32 Å². The number of Topliss-reactive ketones (excluding diaryl/α,β-unsaturated/α-hetero) is 1. The van der Waals surface area contributed by atoms with Crippen LogP contribution in [0.4, 0.5) is 0 Å². The molecule has 0 radical (unpaired) electrons. The van der Waals surface area contributed by atoms with Crippen LogP contribution in [0.2, 0.25) is 0 Å². The van der Waals surface area contributed by atoms with E-state index in [0.717, 1.165) is 6.42 Å². The van der Waals surface area contributed by atoms with Crippen LogP contribution >= 0.6 is 0 Å². The lowest BCUT2D eigenvalue weighted by atomic mass is 9.92. The quantitative estimate of drug-likeness (QED) is 0.591. The molecule has 0 aromatic heterocycles. The highest BCUT2D eigenvalue weighted by molar-refractivity contribution is 5.85. The Morgan fingerprint density at radius 1 is 1.90 bits per heavy atom. The van der Waals surface area contributed by atoms with Gasteiger partial charge in [-0.15, -0.1) is 0 Å². The van der Waals surface area contributed by atoms with Gasteiger partial charge in [0.1, 0.15) is 5.78 Å². The number of hydrogen-bond donors (Lipinski definition) is 1. The van der Waals surface area contributed by atoms with E-state index in [2.05, 4.69) is 5.32 Å². The molecule has 1 saturated heterocycles. The zero-order valence-electron chi connectivity index (χ0n) is 7.77. The predicted molar refractivity (Wildman–Crippen MR) is 40.9 cm³/mol. The van der Waals surface area contributed by atoms with E-state index in [-0.39, 0.29) is 18.2 Å². The molecule has 1 aliphatic heterocycles. The van der Waals surface area contributed by atoms with Gasteiger partial charge in [0.2, 0.25) is 0 Å². The standard InChI is InChI=1S/C8H15NO/c1-6-4-8(3,7(2)10)9-5-6/h6,9H,4-5H2,1-3H3/i5D. The molecule has 0 aliphatic carbocycles. The van der Waals surface area contributed by atoms with Gasteiger partial charge in [0, 0.05) is 1.37 Å². The Labute approximate surface area is 63.4 Å². The number of rotatable bonds is 1. The van der Waals surface area contributed by atoms with E-state index in [1.54, 1.807) is 6.92 Å². The van der Waals surface area contributed by atoms with Crippen LogP contribution in [0.5, 0.6) is 0 Å². The maximum absolute atomic E-state index is 11.1. The van der Waals surface area contributed by atoms with Crippen molar-refractivity contribution in [2.24, 2.45) is 5.92 Å². The van der Waals surface area contributed by atoms with Crippen LogP contribution in [0.15, 0.2) is 0 Å². The number of carbonyl (C=O) groups excluding carboxylic acids is 1. The van der Waals surface area contributed by atoms with Gasteiger partial charge in [-0.2, -0.15) is 0 Å². The first-order valence-electron chi connectivity index (χ1n) is 4.24. The highest BCUT2D eigenvalue weighted by Gasteiger charge is 2.36. The molecule has 3 atom stereocenters. The molecule has 3 unspecified atom stereocenters. The average Bonchev–Trinajstić information content (AvgIpc) is 2.09. The number of nitrogens with one attached hydrogen (secondary N) is 1. The second kappa shape index (κ2) is 2.35. The first-order valence-corrected chi connectivity index (χ1v) is 3.67. The van der Waals surface area contributed by atoms with Crippen molar-refractivity contribution < 1.29 is 6.17 Å². The van der Waals surface area contributed by atoms with Gasteiger partial charge in [0.25, 0.3) is 0 Å². The van der Waals surface area contributed by atoms with E-state index in [1.165, 1.54) is 0 Å². The third-order valence-corrected chi connectivity index (χ3v) is 2.19. The molecule has 1 aliphatic rings. The Kier molecular flexibility index (Phi) is 1.49. The largest absolute Gasteiger partial charge is 0.305 e. The van der Waals surface area contributed by atoms with Crippen molar-refractivity contribution in [3.8, 4) is 0 Å². The van der Waals surface area contributed by atoms with Crippen LogP contribution < -0.4 is 5.32 Å². The fourth-order valence-electron chi connectivity index (χ4n) is 1.33. The van der Waals surface area contributed by atoms with Crippen LogP contribution in [-0.2, 0) is 4.79 Å². The Balaban J connectivity index is 2.71. The van der Waals surface area contributed by atoms with Gasteiger partial charge >= 0.3 is 0 Å². The van der Waals surface area contributed by atoms with Crippen molar-refractivity contribution in [1.82, 2.24) is 5.32 Å². The molecule has 0 amide bonds. The van der Waals surface area contributed by atoms with Crippen molar-refractivity contribution in [3.05, 3.63) is 0 Å². The smallest absolute Gasteiger partial charge is 0.149 e. The summed E-state index contributed by atoms with van der Waals surface area (Å²) in [5.41, 5.74) is -0.439. The Bertz CT molecular complexity index is 171. The monoisotopic (exact) mass is 142 g/mol. The minimum atomic E-state index is -0.439. The normalized spacial score (nSPS) is 48.9. The Morgan fingerprint density at radius 2 is 2.50 bits per heavy atom. The summed E-state index contributed by atoms with van der Waals surface area (Å²) < 4.78 is 7.52. The SMILES string of the molecule is [2H]C1NC(C)(C(C)=O)CC1C. The topological polar surface area (TPSA) is 29.1 Å². The fourth-order valence-corrected chi connectivity index (χ4v) is 1.33. The van der Waals surface area contributed by atoms with E-state index in [4.69, 9.17) is 1.37 Å². The second-order valence-electron chi connectivity index (χ2n) is 3.38. The summed E-state index contributed by atoms with van der Waals surface area (Å²) in [5.74, 6) is 0.419. The summed E-state index contributed by atoms with van der Waals surface area (Å²) in [6, 6.07) is 0. The highest BCUT2D eigenvalue weighted by Crippen LogP contribution is 2.23. The maximum Gasteiger partial charge on any atom is 0.149 e. The number of ketones is 1. The molecule has 0 spiro atoms. The van der Waals surface area contributed by atoms with Crippen molar-refractivity contribution in [1.29, 1.82) is 0 Å². The summed E-state index contributed by atoms with van der Waals surface area (Å²) in [6.45, 7) is 5.18. The molecule has 2 nitrogen and oxygen atoms in total. The first-order chi connectivity index (χ1) is 4.96. The molecule has 0 aromatic carbocycles. The minimum absolute atomic E-state index is 0.138. The zero-order valence-corrected chi connectivity index (χ0v) is 6.77. The lowest BCUT2D eigenvalue weighted by Crippen LogP contribution is -2.42. The molecule has 0 bridgehead atoms. The number of carbonyl (C=O) groups is 1. The zero-order chi connectivity index (χ0) is 8.65. The second-order valence-corrected chi connectivity index (χ2v) is 3.38. The van der Waals surface area contributed by atoms with Gasteiger partial charge in [0.05, 0.1) is 5.54 Å². The average molecular weight is 142 g/mol. The summed E-state index contributed by atoms with van der Waals surface area (Å²) >= 11 is 0. The highest BCUT2D eigenvalue weighted by atomic mass is 16.1. The molecule has 1 N–H and O–H groups in total. The predicted octanol–water partition coefficient (Wildman–Crippen LogP) is 0.964. The van der Waals surface area contributed by atoms with E-state index in [9.17, 15) is 4.79 Å². The van der Waals surface area contributed by atoms with Crippen LogP contribution in [0.25, 0.3) is 0 Å². The molecular weight excluding hydrogens is 126 g/mol. The maximum atomic E-state index is 11.1. The molecule has 10 heavy (non-hydrogen) atoms. The van der Waals surface area contributed by atoms with Crippen LogP contribution in [0.3, 0.4) is 0 Å². The van der Waals surface area contributed by atoms with Crippen LogP contribution in [0.1, 0.15) is 28.6 Å². The lowest BCUT2D eigenvalue weighted by molar-refractivity contribution is -0.122. The van der Waals surface area contributed by atoms with Gasteiger partial charge in [0.15, 0.2) is 0 Å². The van der Waals surface area contributed by atoms with Gasteiger partial charge in [-0.1, -0.05) is 6.92 Å². The van der Waals surface area contributed by atoms with E-state index in [0.29, 0.717) is 0 Å². The summed E-state index contributed by atoms with van der Waals surface area (Å²) in [7, 11) is 0. The van der Waals surface area contributed by atoms with Crippen molar-refractivity contribution in [2.75, 3.05) is 6.52 Å². The lowest BCUT2D eigenvalue weighted by Gasteiger charge is -2.19. The summed E-state index contributed by atoms with van der Waals surface area (Å²) in [5, 5.41) is 3.00. The molecule has 2 heteroatoms. The van der Waals surface area contributed by atoms with Gasteiger partial charge in [-0.05, 0) is 32.7 Å². The molecule has 1 rings (SSSR count). The Morgan fingerprint density at radius 3 is 2.70 bits per heavy atom. The van der Waals surface area contributed by atoms with Crippen molar-refractivity contribution in [3.63, 3.8) is 0 Å². The van der Waals surface area contributed by atoms with Crippen LogP contribution in [0, 0.1) is 5.92 Å². The van der Waals surface area contributed by atoms with Crippen LogP contribution in [-0.4, -0.2) is 17.8 Å². The molecule has 0 saturated carbocycles. The molecule has 58 valence electrons. The summed E-state index contributed by atoms with van der Waals surface area (Å²) in [4.78, 5) is 11.1. The van der Waals surface area contributed by atoms with E-state index >= 15 is 0 Å². The van der Waals surface area contributed by atoms with E-state index < -0.39 is 5.54 Å². The van der Waals surface area contributed by atoms with Crippen molar-refractivity contribution >= 4 is 5.78 Å². The number of hydrogen-bond acceptors (Lipinski definition) is 2. The summed E-state index contributed by atoms with van der Waals surface area (Å²) in [6.07, 6.45) is 0.788. The van der Waals surface area contributed by atoms with Gasteiger partial charge in [-0.3, -0.25) is 4.79 Å². The molecular formula is C8H15NO. The molecule has 1 heterocycles. The minimum Gasteiger partial charge on any atom is -0.305 e. The Hall–Kier alpha value is -0.370. The third kappa shape index (κ3) is 1.21. The third-order valence-electron chi connectivity index (χ3n) is 2.19. The van der Waals surface area contributed by atoms with E-state index in [1.807, 2.05) is 13.8 Å². The fraction of sp³-hybridized carbons (Fsp3) is 0.875. The van der Waals surface area contributed by atoms with Gasteiger partial charge in [-0.25, -0.2) is 0 Å². The molecule has 0 aromatic rings. The molecule has 1 fully saturated rings.